The third-order valence-electron chi connectivity index (χ3n) is 3.33. The molecule has 0 aliphatic heterocycles. The van der Waals surface area contributed by atoms with E-state index in [-0.39, 0.29) is 0 Å². The topological polar surface area (TPSA) is 28.7 Å². The van der Waals surface area contributed by atoms with Crippen molar-refractivity contribution < 1.29 is 0 Å². The molecular formula is C11H16N2. The molecule has 0 atom stereocenters. The minimum Gasteiger partial charge on any atom is -0.283 e. The van der Waals surface area contributed by atoms with E-state index in [0.717, 1.165) is 17.8 Å². The van der Waals surface area contributed by atoms with Crippen LogP contribution in [-0.2, 0) is 0 Å². The number of hydrogen-bond acceptors (Lipinski definition) is 1. The molecule has 1 aromatic heterocycles. The zero-order valence-corrected chi connectivity index (χ0v) is 8.09. The SMILES string of the molecule is Cc1cc(C(C2CC2)C2CC2)n[nH]1. The molecular weight excluding hydrogens is 160 g/mol. The van der Waals surface area contributed by atoms with Crippen molar-refractivity contribution in [1.29, 1.82) is 0 Å². The van der Waals surface area contributed by atoms with Gasteiger partial charge in [-0.05, 0) is 50.5 Å². The molecule has 0 spiro atoms. The highest BCUT2D eigenvalue weighted by Crippen LogP contribution is 2.53. The number of aromatic nitrogens is 2. The van der Waals surface area contributed by atoms with Gasteiger partial charge in [0.05, 0.1) is 5.69 Å². The Kier molecular flexibility index (Phi) is 1.52. The van der Waals surface area contributed by atoms with Crippen LogP contribution in [0.15, 0.2) is 6.07 Å². The maximum absolute atomic E-state index is 4.41. The second kappa shape index (κ2) is 2.60. The van der Waals surface area contributed by atoms with Gasteiger partial charge in [-0.2, -0.15) is 5.10 Å². The molecule has 0 unspecified atom stereocenters. The fourth-order valence-electron chi connectivity index (χ4n) is 2.39. The molecule has 13 heavy (non-hydrogen) atoms. The van der Waals surface area contributed by atoms with Crippen LogP contribution in [0.2, 0.25) is 0 Å². The fraction of sp³-hybridized carbons (Fsp3) is 0.727. The second-order valence-corrected chi connectivity index (χ2v) is 4.68. The first kappa shape index (κ1) is 7.60. The van der Waals surface area contributed by atoms with Gasteiger partial charge in [-0.1, -0.05) is 0 Å². The summed E-state index contributed by atoms with van der Waals surface area (Å²) in [6, 6.07) is 2.24. The number of H-pyrrole nitrogens is 1. The molecule has 2 heteroatoms. The van der Waals surface area contributed by atoms with E-state index in [4.69, 9.17) is 0 Å². The van der Waals surface area contributed by atoms with Gasteiger partial charge >= 0.3 is 0 Å². The van der Waals surface area contributed by atoms with Gasteiger partial charge in [0.15, 0.2) is 0 Å². The van der Waals surface area contributed by atoms with Crippen molar-refractivity contribution >= 4 is 0 Å². The predicted molar refractivity (Wildman–Crippen MR) is 51.5 cm³/mol. The molecule has 0 radical (unpaired) electrons. The van der Waals surface area contributed by atoms with Crippen molar-refractivity contribution in [2.75, 3.05) is 0 Å². The lowest BCUT2D eigenvalue weighted by Gasteiger charge is -2.11. The van der Waals surface area contributed by atoms with Gasteiger partial charge in [0.2, 0.25) is 0 Å². The highest BCUT2D eigenvalue weighted by atomic mass is 15.1. The third-order valence-corrected chi connectivity index (χ3v) is 3.33. The van der Waals surface area contributed by atoms with E-state index in [1.54, 1.807) is 0 Å². The van der Waals surface area contributed by atoms with Gasteiger partial charge in [0.1, 0.15) is 0 Å². The lowest BCUT2D eigenvalue weighted by molar-refractivity contribution is 0.523. The maximum Gasteiger partial charge on any atom is 0.0661 e. The van der Waals surface area contributed by atoms with Crippen LogP contribution >= 0.6 is 0 Å². The van der Waals surface area contributed by atoms with Crippen LogP contribution in [0.25, 0.3) is 0 Å². The standard InChI is InChI=1S/C11H16N2/c1-7-6-10(13-12-7)11(8-2-3-8)9-4-5-9/h6,8-9,11H,2-5H2,1H3,(H,12,13). The van der Waals surface area contributed by atoms with Crippen LogP contribution in [0.4, 0.5) is 0 Å². The molecule has 0 saturated heterocycles. The average molecular weight is 176 g/mol. The number of hydrogen-bond donors (Lipinski definition) is 1. The van der Waals surface area contributed by atoms with Crippen molar-refractivity contribution in [2.45, 2.75) is 38.5 Å². The van der Waals surface area contributed by atoms with Crippen LogP contribution in [0.1, 0.15) is 43.0 Å². The Balaban J connectivity index is 1.86. The van der Waals surface area contributed by atoms with E-state index in [0.29, 0.717) is 0 Å². The monoisotopic (exact) mass is 176 g/mol. The number of aryl methyl sites for hydroxylation is 1. The van der Waals surface area contributed by atoms with E-state index < -0.39 is 0 Å². The molecule has 1 N–H and O–H groups in total. The van der Waals surface area contributed by atoms with Crippen LogP contribution in [0.3, 0.4) is 0 Å². The van der Waals surface area contributed by atoms with Crippen LogP contribution in [-0.4, -0.2) is 10.2 Å². The summed E-state index contributed by atoms with van der Waals surface area (Å²) < 4.78 is 0. The molecule has 70 valence electrons. The molecule has 2 nitrogen and oxygen atoms in total. The van der Waals surface area contributed by atoms with E-state index in [2.05, 4.69) is 23.2 Å². The number of aromatic amines is 1. The highest BCUT2D eigenvalue weighted by Gasteiger charge is 2.43. The summed E-state index contributed by atoms with van der Waals surface area (Å²) >= 11 is 0. The van der Waals surface area contributed by atoms with E-state index in [1.165, 1.54) is 37.1 Å². The van der Waals surface area contributed by atoms with Gasteiger partial charge in [-0.15, -0.1) is 0 Å². The summed E-state index contributed by atoms with van der Waals surface area (Å²) in [4.78, 5) is 0. The Morgan fingerprint density at radius 3 is 2.31 bits per heavy atom. The fourth-order valence-corrected chi connectivity index (χ4v) is 2.39. The van der Waals surface area contributed by atoms with E-state index in [9.17, 15) is 0 Å². The first-order chi connectivity index (χ1) is 6.34. The smallest absolute Gasteiger partial charge is 0.0661 e. The summed E-state index contributed by atoms with van der Waals surface area (Å²) in [5, 5.41) is 7.48. The number of rotatable bonds is 3. The van der Waals surface area contributed by atoms with Crippen molar-refractivity contribution in [3.63, 3.8) is 0 Å². The van der Waals surface area contributed by atoms with Crippen LogP contribution < -0.4 is 0 Å². The number of nitrogens with zero attached hydrogens (tertiary/aromatic N) is 1. The Morgan fingerprint density at radius 2 is 1.92 bits per heavy atom. The minimum atomic E-state index is 0.796. The van der Waals surface area contributed by atoms with Crippen molar-refractivity contribution in [1.82, 2.24) is 10.2 Å². The molecule has 2 fully saturated rings. The summed E-state index contributed by atoms with van der Waals surface area (Å²) in [5.41, 5.74) is 2.55. The Morgan fingerprint density at radius 1 is 1.31 bits per heavy atom. The van der Waals surface area contributed by atoms with E-state index >= 15 is 0 Å². The first-order valence-corrected chi connectivity index (χ1v) is 5.36. The van der Waals surface area contributed by atoms with Gasteiger partial charge in [-0.25, -0.2) is 0 Å². The van der Waals surface area contributed by atoms with Gasteiger partial charge in [-0.3, -0.25) is 5.10 Å². The molecule has 2 aliphatic carbocycles. The largest absolute Gasteiger partial charge is 0.283 e. The second-order valence-electron chi connectivity index (χ2n) is 4.68. The lowest BCUT2D eigenvalue weighted by Crippen LogP contribution is -2.04. The summed E-state index contributed by atoms with van der Waals surface area (Å²) in [6.07, 6.45) is 5.75. The molecule has 3 rings (SSSR count). The molecule has 2 saturated carbocycles. The van der Waals surface area contributed by atoms with Gasteiger partial charge in [0.25, 0.3) is 0 Å². The maximum atomic E-state index is 4.41. The minimum absolute atomic E-state index is 0.796. The normalized spacial score (nSPS) is 22.6. The average Bonchev–Trinajstić information content (AvgIpc) is 2.95. The summed E-state index contributed by atoms with van der Waals surface area (Å²) in [5.74, 6) is 2.73. The Bertz CT molecular complexity index is 296. The van der Waals surface area contributed by atoms with Gasteiger partial charge in [0, 0.05) is 11.6 Å². The quantitative estimate of drug-likeness (QED) is 0.753. The number of nitrogens with one attached hydrogen (secondary N) is 1. The van der Waals surface area contributed by atoms with E-state index in [1.807, 2.05) is 0 Å². The molecule has 1 heterocycles. The van der Waals surface area contributed by atoms with Crippen molar-refractivity contribution in [3.8, 4) is 0 Å². The van der Waals surface area contributed by atoms with Crippen LogP contribution in [0.5, 0.6) is 0 Å². The zero-order valence-electron chi connectivity index (χ0n) is 8.09. The molecule has 1 aromatic rings. The van der Waals surface area contributed by atoms with Crippen molar-refractivity contribution in [3.05, 3.63) is 17.5 Å². The first-order valence-electron chi connectivity index (χ1n) is 5.36. The highest BCUT2D eigenvalue weighted by molar-refractivity contribution is 5.18. The van der Waals surface area contributed by atoms with Gasteiger partial charge < -0.3 is 0 Å². The molecule has 0 bridgehead atoms. The molecule has 0 amide bonds. The summed E-state index contributed by atoms with van der Waals surface area (Å²) in [7, 11) is 0. The molecule has 2 aliphatic rings. The Hall–Kier alpha value is -0.790. The summed E-state index contributed by atoms with van der Waals surface area (Å²) in [6.45, 7) is 2.09. The molecule has 0 aromatic carbocycles. The Labute approximate surface area is 78.7 Å². The van der Waals surface area contributed by atoms with Crippen LogP contribution in [0, 0.1) is 18.8 Å². The lowest BCUT2D eigenvalue weighted by atomic mass is 9.94. The predicted octanol–water partition coefficient (Wildman–Crippen LogP) is 2.62. The third kappa shape index (κ3) is 1.38. The van der Waals surface area contributed by atoms with Crippen molar-refractivity contribution in [2.24, 2.45) is 11.8 Å². The zero-order chi connectivity index (χ0) is 8.84.